The van der Waals surface area contributed by atoms with Crippen LogP contribution in [0.5, 0.6) is 17.2 Å². The van der Waals surface area contributed by atoms with Crippen molar-refractivity contribution in [1.82, 2.24) is 14.5 Å². The predicted octanol–water partition coefficient (Wildman–Crippen LogP) is 7.70. The van der Waals surface area contributed by atoms with Crippen molar-refractivity contribution < 1.29 is 37.1 Å². The lowest BCUT2D eigenvalue weighted by Gasteiger charge is -2.36. The van der Waals surface area contributed by atoms with Crippen LogP contribution in [0.2, 0.25) is 5.02 Å². The van der Waals surface area contributed by atoms with Crippen LogP contribution in [0.4, 0.5) is 17.1 Å². The summed E-state index contributed by atoms with van der Waals surface area (Å²) in [5.41, 5.74) is 4.01. The monoisotopic (exact) mass is 924 g/mol. The highest BCUT2D eigenvalue weighted by atomic mass is 35.5. The molecule has 3 aliphatic rings. The number of piperazine rings is 1. The van der Waals surface area contributed by atoms with Gasteiger partial charge in [-0.2, -0.15) is 0 Å². The second-order valence-corrected chi connectivity index (χ2v) is 18.4. The average molecular weight is 926 g/mol. The SMILES string of the molecule is O=C(NS(=O)(=O)c1ccc(NCC2CCOCC2)c([N+](=O)[O-])c1)c1ccc(N2CCN(Cc3ccccc3-c3ccc(Cl)cc3)CC2)cc1Oc1ccc(OCCN2CCOCC2)cc1. The first-order chi connectivity index (χ1) is 31.6. The fourth-order valence-corrected chi connectivity index (χ4v) is 9.33. The highest BCUT2D eigenvalue weighted by Crippen LogP contribution is 2.34. The van der Waals surface area contributed by atoms with Gasteiger partial charge in [0.2, 0.25) is 0 Å². The number of halogens is 1. The highest BCUT2D eigenvalue weighted by molar-refractivity contribution is 7.90. The number of morpholine rings is 1. The van der Waals surface area contributed by atoms with Gasteiger partial charge >= 0.3 is 0 Å². The number of hydrogen-bond acceptors (Lipinski definition) is 13. The minimum Gasteiger partial charge on any atom is -0.492 e. The number of nitrogens with one attached hydrogen (secondary N) is 2. The molecule has 5 aromatic rings. The molecule has 3 aliphatic heterocycles. The van der Waals surface area contributed by atoms with Crippen molar-refractivity contribution in [3.05, 3.63) is 135 Å². The Labute approximate surface area is 384 Å². The third-order valence-corrected chi connectivity index (χ3v) is 13.6. The maximum absolute atomic E-state index is 14.0. The van der Waals surface area contributed by atoms with E-state index in [4.69, 9.17) is 30.5 Å². The van der Waals surface area contributed by atoms with Gasteiger partial charge in [0.25, 0.3) is 21.6 Å². The van der Waals surface area contributed by atoms with Crippen LogP contribution >= 0.6 is 11.6 Å². The molecule has 0 aliphatic carbocycles. The standard InChI is InChI=1S/C48H53ClN6O9S/c49-38-7-5-36(6-8-38)43-4-2-1-3-37(43)34-53-19-21-54(22-20-53)39-9-15-44(47(31-39)64-41-12-10-40(11-13-41)63-30-25-52-23-28-62-29-24-52)48(56)51-65(59,60)42-14-16-45(46(32-42)55(57)58)50-33-35-17-26-61-27-18-35/h1-16,31-32,35,50H,17-30,33-34H2,(H,51,56). The summed E-state index contributed by atoms with van der Waals surface area (Å²) < 4.78 is 52.8. The summed E-state index contributed by atoms with van der Waals surface area (Å²) in [5, 5.41) is 15.9. The lowest BCUT2D eigenvalue weighted by Crippen LogP contribution is -2.46. The molecule has 0 spiro atoms. The van der Waals surface area contributed by atoms with Gasteiger partial charge in [-0.05, 0) is 96.1 Å². The van der Waals surface area contributed by atoms with E-state index >= 15 is 0 Å². The number of nitro benzene ring substituents is 1. The molecule has 1 amide bonds. The van der Waals surface area contributed by atoms with Crippen molar-refractivity contribution in [3.63, 3.8) is 0 Å². The molecule has 3 heterocycles. The number of hydrogen-bond donors (Lipinski definition) is 2. The van der Waals surface area contributed by atoms with Crippen LogP contribution in [0, 0.1) is 16.0 Å². The zero-order chi connectivity index (χ0) is 45.2. The lowest BCUT2D eigenvalue weighted by molar-refractivity contribution is -0.384. The number of carbonyl (C=O) groups excluding carboxylic acids is 1. The molecular formula is C48H53ClN6O9S. The van der Waals surface area contributed by atoms with E-state index in [9.17, 15) is 23.3 Å². The van der Waals surface area contributed by atoms with E-state index in [2.05, 4.69) is 42.9 Å². The van der Waals surface area contributed by atoms with Gasteiger partial charge in [-0.15, -0.1) is 0 Å². The Morgan fingerprint density at radius 2 is 1.51 bits per heavy atom. The van der Waals surface area contributed by atoms with Gasteiger partial charge in [-0.1, -0.05) is 48.0 Å². The lowest BCUT2D eigenvalue weighted by atomic mass is 9.99. The Balaban J connectivity index is 0.979. The number of amides is 1. The van der Waals surface area contributed by atoms with Crippen molar-refractivity contribution in [2.24, 2.45) is 5.92 Å². The third kappa shape index (κ3) is 12.1. The van der Waals surface area contributed by atoms with Gasteiger partial charge < -0.3 is 29.2 Å². The summed E-state index contributed by atoms with van der Waals surface area (Å²) in [5.74, 6) is 0.501. The summed E-state index contributed by atoms with van der Waals surface area (Å²) in [6.07, 6.45) is 1.64. The van der Waals surface area contributed by atoms with Crippen LogP contribution in [-0.4, -0.2) is 114 Å². The van der Waals surface area contributed by atoms with E-state index in [1.807, 2.05) is 30.3 Å². The summed E-state index contributed by atoms with van der Waals surface area (Å²) in [6, 6.07) is 31.9. The molecule has 0 aromatic heterocycles. The minimum atomic E-state index is -4.57. The molecule has 8 rings (SSSR count). The molecule has 3 saturated heterocycles. The van der Waals surface area contributed by atoms with Crippen LogP contribution in [0.25, 0.3) is 11.1 Å². The molecule has 0 bridgehead atoms. The molecule has 0 atom stereocenters. The molecule has 15 nitrogen and oxygen atoms in total. The maximum atomic E-state index is 14.0. The van der Waals surface area contributed by atoms with Crippen molar-refractivity contribution in [2.75, 3.05) is 95.6 Å². The van der Waals surface area contributed by atoms with Crippen molar-refractivity contribution in [3.8, 4) is 28.4 Å². The molecule has 0 radical (unpaired) electrons. The Morgan fingerprint density at radius 1 is 0.800 bits per heavy atom. The van der Waals surface area contributed by atoms with Gasteiger partial charge in [-0.25, -0.2) is 13.1 Å². The first kappa shape index (κ1) is 45.8. The van der Waals surface area contributed by atoms with Crippen LogP contribution in [0.3, 0.4) is 0 Å². The van der Waals surface area contributed by atoms with Crippen molar-refractivity contribution in [2.45, 2.75) is 24.3 Å². The second kappa shape index (κ2) is 21.5. The molecule has 65 heavy (non-hydrogen) atoms. The average Bonchev–Trinajstić information content (AvgIpc) is 3.32. The van der Waals surface area contributed by atoms with E-state index in [1.54, 1.807) is 42.5 Å². The van der Waals surface area contributed by atoms with E-state index < -0.39 is 31.4 Å². The molecule has 0 saturated carbocycles. The van der Waals surface area contributed by atoms with Crippen LogP contribution in [0.15, 0.2) is 114 Å². The predicted molar refractivity (Wildman–Crippen MR) is 250 cm³/mol. The summed E-state index contributed by atoms with van der Waals surface area (Å²) in [4.78, 5) is 31.9. The van der Waals surface area contributed by atoms with E-state index in [0.29, 0.717) is 69.2 Å². The van der Waals surface area contributed by atoms with E-state index in [0.717, 1.165) is 75.0 Å². The topological polar surface area (TPSA) is 165 Å². The molecule has 2 N–H and O–H groups in total. The molecule has 0 unspecified atom stereocenters. The quantitative estimate of drug-likeness (QED) is 0.0690. The number of sulfonamides is 1. The molecule has 342 valence electrons. The first-order valence-corrected chi connectivity index (χ1v) is 23.8. The zero-order valence-corrected chi connectivity index (χ0v) is 37.6. The number of nitrogens with zero attached hydrogens (tertiary/aromatic N) is 4. The number of rotatable bonds is 17. The zero-order valence-electron chi connectivity index (χ0n) is 36.0. The number of anilines is 2. The maximum Gasteiger partial charge on any atom is 0.293 e. The number of ether oxygens (including phenoxy) is 4. The summed E-state index contributed by atoms with van der Waals surface area (Å²) in [7, 11) is -4.57. The van der Waals surface area contributed by atoms with Gasteiger partial charge in [0.05, 0.1) is 28.6 Å². The largest absolute Gasteiger partial charge is 0.492 e. The van der Waals surface area contributed by atoms with Gasteiger partial charge in [0, 0.05) is 95.0 Å². The number of carbonyl (C=O) groups is 1. The van der Waals surface area contributed by atoms with Gasteiger partial charge in [-0.3, -0.25) is 24.7 Å². The number of benzene rings is 5. The van der Waals surface area contributed by atoms with Crippen molar-refractivity contribution in [1.29, 1.82) is 0 Å². The third-order valence-electron chi connectivity index (χ3n) is 12.0. The number of nitro groups is 1. The second-order valence-electron chi connectivity index (χ2n) is 16.3. The highest BCUT2D eigenvalue weighted by Gasteiger charge is 2.27. The first-order valence-electron chi connectivity index (χ1n) is 21.9. The Bertz CT molecular complexity index is 2530. The minimum absolute atomic E-state index is 0.0372. The fraction of sp³-hybridized carbons (Fsp3) is 0.354. The molecular weight excluding hydrogens is 872 g/mol. The van der Waals surface area contributed by atoms with Crippen LogP contribution < -0.4 is 24.4 Å². The summed E-state index contributed by atoms with van der Waals surface area (Å²) >= 11 is 6.17. The fourth-order valence-electron chi connectivity index (χ4n) is 8.22. The van der Waals surface area contributed by atoms with Crippen molar-refractivity contribution >= 4 is 44.6 Å². The van der Waals surface area contributed by atoms with Crippen LogP contribution in [-0.2, 0) is 26.0 Å². The van der Waals surface area contributed by atoms with E-state index in [-0.39, 0.29) is 22.9 Å². The molecule has 5 aromatic carbocycles. The van der Waals surface area contributed by atoms with Gasteiger partial charge in [0.15, 0.2) is 0 Å². The molecule has 3 fully saturated rings. The summed E-state index contributed by atoms with van der Waals surface area (Å²) in [6.45, 7) is 9.83. The normalized spacial score (nSPS) is 16.5. The molecule has 17 heteroatoms. The Hall–Kier alpha value is -5.75. The van der Waals surface area contributed by atoms with Crippen LogP contribution in [0.1, 0.15) is 28.8 Å². The van der Waals surface area contributed by atoms with E-state index in [1.165, 1.54) is 17.7 Å². The smallest absolute Gasteiger partial charge is 0.293 e. The Morgan fingerprint density at radius 3 is 2.25 bits per heavy atom. The van der Waals surface area contributed by atoms with Gasteiger partial charge in [0.1, 0.15) is 29.5 Å². The Kier molecular flexibility index (Phi) is 15.1.